The Labute approximate surface area is 118 Å². The fourth-order valence-electron chi connectivity index (χ4n) is 2.33. The van der Waals surface area contributed by atoms with Crippen molar-refractivity contribution in [1.29, 1.82) is 0 Å². The van der Waals surface area contributed by atoms with Gasteiger partial charge in [-0.05, 0) is 20.3 Å². The highest BCUT2D eigenvalue weighted by Gasteiger charge is 2.29. The largest absolute Gasteiger partial charge is 0.326 e. The Hall–Kier alpha value is -0.260. The van der Waals surface area contributed by atoms with Crippen LogP contribution in [0.15, 0.2) is 0 Å². The van der Waals surface area contributed by atoms with Gasteiger partial charge in [0.2, 0.25) is 0 Å². The van der Waals surface area contributed by atoms with Crippen LogP contribution >= 0.6 is 23.5 Å². The van der Waals surface area contributed by atoms with E-state index in [0.29, 0.717) is 17.0 Å². The lowest BCUT2D eigenvalue weighted by Gasteiger charge is -2.29. The highest BCUT2D eigenvalue weighted by molar-refractivity contribution is 8.06. The third-order valence-electron chi connectivity index (χ3n) is 3.35. The van der Waals surface area contributed by atoms with E-state index >= 15 is 0 Å². The van der Waals surface area contributed by atoms with E-state index < -0.39 is 0 Å². The molecule has 1 aromatic heterocycles. The Kier molecular flexibility index (Phi) is 4.92. The summed E-state index contributed by atoms with van der Waals surface area (Å²) >= 11 is 4.07. The lowest BCUT2D eigenvalue weighted by molar-refractivity contribution is 0.733. The molecule has 0 aromatic carbocycles. The van der Waals surface area contributed by atoms with Crippen molar-refractivity contribution in [1.82, 2.24) is 9.97 Å². The number of hydrogen-bond donors (Lipinski definition) is 1. The molecular weight excluding hydrogens is 262 g/mol. The number of aromatic nitrogens is 2. The first-order valence-electron chi connectivity index (χ1n) is 6.44. The second-order valence-corrected chi connectivity index (χ2v) is 7.14. The second kappa shape index (κ2) is 6.26. The van der Waals surface area contributed by atoms with Gasteiger partial charge in [0.25, 0.3) is 0 Å². The van der Waals surface area contributed by atoms with Gasteiger partial charge in [-0.25, -0.2) is 9.97 Å². The lowest BCUT2D eigenvalue weighted by Crippen LogP contribution is -2.22. The first kappa shape index (κ1) is 14.2. The summed E-state index contributed by atoms with van der Waals surface area (Å²) in [6.07, 6.45) is 1.18. The second-order valence-electron chi connectivity index (χ2n) is 4.54. The van der Waals surface area contributed by atoms with Gasteiger partial charge in [0, 0.05) is 40.3 Å². The van der Waals surface area contributed by atoms with Crippen LogP contribution in [-0.4, -0.2) is 26.7 Å². The number of nitrogens with two attached hydrogens (primary N) is 1. The summed E-state index contributed by atoms with van der Waals surface area (Å²) in [5.41, 5.74) is 8.94. The Morgan fingerprint density at radius 1 is 1.17 bits per heavy atom. The molecular formula is C13H21N3S2. The molecule has 0 spiro atoms. The minimum absolute atomic E-state index is 0.443. The van der Waals surface area contributed by atoms with Gasteiger partial charge in [0.05, 0.1) is 5.25 Å². The van der Waals surface area contributed by atoms with Crippen molar-refractivity contribution in [2.24, 2.45) is 5.73 Å². The quantitative estimate of drug-likeness (QED) is 0.924. The lowest BCUT2D eigenvalue weighted by atomic mass is 10.1. The maximum Gasteiger partial charge on any atom is 0.142 e. The molecule has 1 fully saturated rings. The van der Waals surface area contributed by atoms with Crippen molar-refractivity contribution < 1.29 is 0 Å². The monoisotopic (exact) mass is 283 g/mol. The van der Waals surface area contributed by atoms with E-state index in [1.807, 2.05) is 25.6 Å². The smallest absolute Gasteiger partial charge is 0.142 e. The molecule has 0 radical (unpaired) electrons. The third-order valence-corrected chi connectivity index (χ3v) is 6.59. The predicted molar refractivity (Wildman–Crippen MR) is 81.1 cm³/mol. The molecule has 2 atom stereocenters. The Morgan fingerprint density at radius 3 is 2.33 bits per heavy atom. The zero-order chi connectivity index (χ0) is 13.1. The topological polar surface area (TPSA) is 51.8 Å². The molecule has 2 unspecified atom stereocenters. The zero-order valence-electron chi connectivity index (χ0n) is 11.3. The number of thioether (sulfide) groups is 2. The predicted octanol–water partition coefficient (Wildman–Crippen LogP) is 2.85. The normalized spacial score (nSPS) is 24.2. The van der Waals surface area contributed by atoms with Gasteiger partial charge >= 0.3 is 0 Å². The van der Waals surface area contributed by atoms with Gasteiger partial charge < -0.3 is 5.73 Å². The Bertz CT molecular complexity index is 400. The van der Waals surface area contributed by atoms with Gasteiger partial charge in [0.1, 0.15) is 5.82 Å². The van der Waals surface area contributed by atoms with E-state index in [4.69, 9.17) is 15.7 Å². The molecule has 2 rings (SSSR count). The molecule has 1 saturated heterocycles. The van der Waals surface area contributed by atoms with Crippen molar-refractivity contribution in [2.45, 2.75) is 44.2 Å². The average molecular weight is 283 g/mol. The Balaban J connectivity index is 2.32. The van der Waals surface area contributed by atoms with Crippen molar-refractivity contribution in [3.05, 3.63) is 22.8 Å². The molecule has 0 bridgehead atoms. The molecule has 3 nitrogen and oxygen atoms in total. The van der Waals surface area contributed by atoms with Crippen LogP contribution in [0.2, 0.25) is 0 Å². The van der Waals surface area contributed by atoms with E-state index in [1.54, 1.807) is 0 Å². The fraction of sp³-hybridized carbons (Fsp3) is 0.692. The average Bonchev–Trinajstić information content (AvgIpc) is 2.38. The molecule has 18 heavy (non-hydrogen) atoms. The molecule has 1 aromatic rings. The maximum atomic E-state index is 5.74. The third kappa shape index (κ3) is 2.83. The SMILES string of the molecule is CCC1SCCSC1c1nc(C)c(CN)c(C)n1. The van der Waals surface area contributed by atoms with Gasteiger partial charge in [-0.2, -0.15) is 11.8 Å². The van der Waals surface area contributed by atoms with Crippen molar-refractivity contribution in [3.8, 4) is 0 Å². The highest BCUT2D eigenvalue weighted by atomic mass is 32.2. The number of nitrogens with zero attached hydrogens (tertiary/aromatic N) is 2. The van der Waals surface area contributed by atoms with Crippen LogP contribution in [0.5, 0.6) is 0 Å². The van der Waals surface area contributed by atoms with Crippen molar-refractivity contribution >= 4 is 23.5 Å². The van der Waals surface area contributed by atoms with Crippen molar-refractivity contribution in [2.75, 3.05) is 11.5 Å². The van der Waals surface area contributed by atoms with Gasteiger partial charge in [-0.3, -0.25) is 0 Å². The van der Waals surface area contributed by atoms with E-state index in [1.165, 1.54) is 17.9 Å². The summed E-state index contributed by atoms with van der Waals surface area (Å²) in [5.74, 6) is 3.45. The molecule has 2 N–H and O–H groups in total. The standard InChI is InChI=1S/C13H21N3S2/c1-4-11-12(18-6-5-17-11)13-15-8(2)10(7-14)9(3)16-13/h11-12H,4-7,14H2,1-3H3. The van der Waals surface area contributed by atoms with E-state index in [9.17, 15) is 0 Å². The van der Waals surface area contributed by atoms with E-state index in [2.05, 4.69) is 18.7 Å². The van der Waals surface area contributed by atoms with Crippen LogP contribution in [0, 0.1) is 13.8 Å². The molecule has 0 saturated carbocycles. The molecule has 0 amide bonds. The van der Waals surface area contributed by atoms with Crippen LogP contribution in [0.3, 0.4) is 0 Å². The first-order valence-corrected chi connectivity index (χ1v) is 8.54. The molecule has 100 valence electrons. The summed E-state index contributed by atoms with van der Waals surface area (Å²) in [4.78, 5) is 9.40. The minimum Gasteiger partial charge on any atom is -0.326 e. The van der Waals surface area contributed by atoms with Crippen LogP contribution in [0.1, 0.15) is 41.4 Å². The van der Waals surface area contributed by atoms with Crippen molar-refractivity contribution in [3.63, 3.8) is 0 Å². The minimum atomic E-state index is 0.443. The maximum absolute atomic E-state index is 5.74. The zero-order valence-corrected chi connectivity index (χ0v) is 12.9. The summed E-state index contributed by atoms with van der Waals surface area (Å²) in [7, 11) is 0. The number of hydrogen-bond acceptors (Lipinski definition) is 5. The van der Waals surface area contributed by atoms with E-state index in [0.717, 1.165) is 22.8 Å². The first-order chi connectivity index (χ1) is 8.67. The summed E-state index contributed by atoms with van der Waals surface area (Å²) in [6.45, 7) is 6.87. The molecule has 2 heterocycles. The van der Waals surface area contributed by atoms with Gasteiger partial charge in [-0.1, -0.05) is 6.92 Å². The van der Waals surface area contributed by atoms with Gasteiger partial charge in [0.15, 0.2) is 0 Å². The summed E-state index contributed by atoms with van der Waals surface area (Å²) in [6, 6.07) is 0. The molecule has 1 aliphatic heterocycles. The molecule has 1 aliphatic rings. The number of rotatable bonds is 3. The van der Waals surface area contributed by atoms with Crippen LogP contribution in [0.25, 0.3) is 0 Å². The Morgan fingerprint density at radius 2 is 1.78 bits per heavy atom. The van der Waals surface area contributed by atoms with Crippen LogP contribution in [0.4, 0.5) is 0 Å². The van der Waals surface area contributed by atoms with E-state index in [-0.39, 0.29) is 0 Å². The molecule has 0 aliphatic carbocycles. The summed E-state index contributed by atoms with van der Waals surface area (Å²) in [5, 5.41) is 1.09. The summed E-state index contributed by atoms with van der Waals surface area (Å²) < 4.78 is 0. The number of aryl methyl sites for hydroxylation is 2. The van der Waals surface area contributed by atoms with Crippen LogP contribution < -0.4 is 5.73 Å². The van der Waals surface area contributed by atoms with Crippen LogP contribution in [-0.2, 0) is 6.54 Å². The fourth-order valence-corrected chi connectivity index (χ4v) is 5.32. The molecule has 5 heteroatoms. The highest BCUT2D eigenvalue weighted by Crippen LogP contribution is 2.42. The van der Waals surface area contributed by atoms with Gasteiger partial charge in [-0.15, -0.1) is 11.8 Å².